The van der Waals surface area contributed by atoms with Crippen LogP contribution in [0.3, 0.4) is 0 Å². The van der Waals surface area contributed by atoms with Crippen LogP contribution >= 0.6 is 0 Å². The lowest BCUT2D eigenvalue weighted by Gasteiger charge is -2.41. The quantitative estimate of drug-likeness (QED) is 0.0596. The molecule has 1 aromatic rings. The Morgan fingerprint density at radius 2 is 1.37 bits per heavy atom. The van der Waals surface area contributed by atoms with E-state index in [1.807, 2.05) is 13.8 Å². The van der Waals surface area contributed by atoms with Gasteiger partial charge in [-0.2, -0.15) is 0 Å². The Morgan fingerprint density at radius 3 is 1.93 bits per heavy atom. The minimum atomic E-state index is -1.34. The fourth-order valence-electron chi connectivity index (χ4n) is 8.43. The second-order valence-corrected chi connectivity index (χ2v) is 15.8. The van der Waals surface area contributed by atoms with E-state index < -0.39 is 37.3 Å². The number of benzene rings is 1. The van der Waals surface area contributed by atoms with Crippen LogP contribution in [0, 0.1) is 5.92 Å². The first kappa shape index (κ1) is 48.1. The SMILES string of the molecule is CC.CNC(CCCCB(O)O)(CCCN1CCCC1)C(=O)O.NC(CCCCB(O)O)(CCC1Cc2ccccc2CN1CC1CCCCC1)C(=O)O. The molecular formula is C40H74B2N4O8. The molecule has 1 saturated heterocycles. The van der Waals surface area contributed by atoms with Crippen molar-refractivity contribution in [3.8, 4) is 0 Å². The standard InChI is InChI=1S/C24H39BN2O4.C14H29BN2O4.C2H6/c26-24(23(28)29,13-6-7-15-25(30)31)14-12-22-16-20-10-4-5-11-21(20)18-27(22)17-19-8-2-1-3-9-19;1-16-14(13(18)19,7-2-3-9-15(20)21)8-6-12-17-10-4-5-11-17;1-2/h4-5,10-11,19,22,30-31H,1-3,6-9,12-18,26H2,(H,28,29);16,20-21H,2-12H2,1H3,(H,18,19);1-2H3. The Bertz CT molecular complexity index is 1190. The summed E-state index contributed by atoms with van der Waals surface area (Å²) < 4.78 is 0. The summed E-state index contributed by atoms with van der Waals surface area (Å²) in [7, 11) is -0.938. The Labute approximate surface area is 326 Å². The average Bonchev–Trinajstić information content (AvgIpc) is 3.68. The van der Waals surface area contributed by atoms with Crippen molar-refractivity contribution in [2.75, 3.05) is 33.2 Å². The van der Waals surface area contributed by atoms with Crippen molar-refractivity contribution in [2.24, 2.45) is 11.7 Å². The summed E-state index contributed by atoms with van der Waals surface area (Å²) in [6.07, 6.45) is 16.6. The molecular weight excluding hydrogens is 686 g/mol. The van der Waals surface area contributed by atoms with Crippen molar-refractivity contribution in [3.63, 3.8) is 0 Å². The number of hydrogen-bond donors (Lipinski definition) is 8. The number of carboxylic acid groups (broad SMARTS) is 2. The summed E-state index contributed by atoms with van der Waals surface area (Å²) in [5.41, 5.74) is 6.99. The van der Waals surface area contributed by atoms with Gasteiger partial charge in [-0.15, -0.1) is 0 Å². The molecule has 3 aliphatic rings. The number of fused-ring (bicyclic) bond motifs is 1. The highest BCUT2D eigenvalue weighted by molar-refractivity contribution is 6.41. The lowest BCUT2D eigenvalue weighted by Crippen LogP contribution is -2.50. The van der Waals surface area contributed by atoms with E-state index in [0.717, 1.165) is 57.9 Å². The monoisotopic (exact) mass is 761 g/mol. The van der Waals surface area contributed by atoms with Crippen molar-refractivity contribution >= 4 is 26.2 Å². The van der Waals surface area contributed by atoms with Crippen LogP contribution in [0.25, 0.3) is 0 Å². The first-order chi connectivity index (χ1) is 25.9. The number of nitrogens with one attached hydrogen (secondary N) is 1. The highest BCUT2D eigenvalue weighted by atomic mass is 16.4. The maximum absolute atomic E-state index is 12.0. The third-order valence-electron chi connectivity index (χ3n) is 11.8. The molecule has 2 heterocycles. The lowest BCUT2D eigenvalue weighted by atomic mass is 9.80. The summed E-state index contributed by atoms with van der Waals surface area (Å²) in [4.78, 5) is 28.6. The number of likely N-dealkylation sites (tertiary alicyclic amines) is 1. The van der Waals surface area contributed by atoms with Gasteiger partial charge in [0.1, 0.15) is 11.1 Å². The molecule has 0 aromatic heterocycles. The van der Waals surface area contributed by atoms with Gasteiger partial charge in [-0.25, -0.2) is 0 Å². The van der Waals surface area contributed by atoms with Crippen LogP contribution in [0.5, 0.6) is 0 Å². The molecule has 0 radical (unpaired) electrons. The van der Waals surface area contributed by atoms with Gasteiger partial charge in [0.05, 0.1) is 0 Å². The third kappa shape index (κ3) is 17.0. The Balaban J connectivity index is 0.000000383. The van der Waals surface area contributed by atoms with E-state index in [9.17, 15) is 19.8 Å². The highest BCUT2D eigenvalue weighted by Crippen LogP contribution is 2.32. The van der Waals surface area contributed by atoms with Crippen LogP contribution in [-0.4, -0.2) is 117 Å². The van der Waals surface area contributed by atoms with Crippen molar-refractivity contribution in [1.82, 2.24) is 15.1 Å². The number of nitrogens with two attached hydrogens (primary N) is 1. The van der Waals surface area contributed by atoms with Gasteiger partial charge in [-0.05, 0) is 127 Å². The molecule has 4 rings (SSSR count). The molecule has 1 saturated carbocycles. The van der Waals surface area contributed by atoms with E-state index in [-0.39, 0.29) is 6.32 Å². The molecule has 54 heavy (non-hydrogen) atoms. The molecule has 9 N–H and O–H groups in total. The maximum atomic E-state index is 12.0. The van der Waals surface area contributed by atoms with Gasteiger partial charge >= 0.3 is 26.2 Å². The fourth-order valence-corrected chi connectivity index (χ4v) is 8.43. The van der Waals surface area contributed by atoms with Crippen molar-refractivity contribution in [2.45, 2.75) is 166 Å². The van der Waals surface area contributed by atoms with E-state index in [1.54, 1.807) is 7.05 Å². The first-order valence-corrected chi connectivity index (χ1v) is 21.1. The van der Waals surface area contributed by atoms with Crippen molar-refractivity contribution < 1.29 is 39.9 Å². The van der Waals surface area contributed by atoms with Gasteiger partial charge in [0, 0.05) is 19.1 Å². The second kappa shape index (κ2) is 26.0. The molecule has 14 heteroatoms. The predicted molar refractivity (Wildman–Crippen MR) is 218 cm³/mol. The molecule has 2 aliphatic heterocycles. The summed E-state index contributed by atoms with van der Waals surface area (Å²) in [5.74, 6) is -1.02. The van der Waals surface area contributed by atoms with Gasteiger partial charge in [0.2, 0.25) is 0 Å². The van der Waals surface area contributed by atoms with Gasteiger partial charge in [-0.3, -0.25) is 14.5 Å². The fraction of sp³-hybridized carbons (Fsp3) is 0.800. The molecule has 0 spiro atoms. The molecule has 0 bridgehead atoms. The molecule has 1 aromatic carbocycles. The van der Waals surface area contributed by atoms with Crippen LogP contribution in [0.4, 0.5) is 0 Å². The maximum Gasteiger partial charge on any atom is 0.451 e. The lowest BCUT2D eigenvalue weighted by molar-refractivity contribution is -0.146. The van der Waals surface area contributed by atoms with Gasteiger partial charge in [0.25, 0.3) is 0 Å². The number of carboxylic acids is 2. The molecule has 308 valence electrons. The number of rotatable bonds is 22. The largest absolute Gasteiger partial charge is 0.480 e. The average molecular weight is 761 g/mol. The number of hydrogen-bond acceptors (Lipinski definition) is 10. The minimum absolute atomic E-state index is 0.254. The van der Waals surface area contributed by atoms with Crippen molar-refractivity contribution in [1.29, 1.82) is 0 Å². The molecule has 0 amide bonds. The Hall–Kier alpha value is -2.03. The number of likely N-dealkylation sites (N-methyl/N-ethyl adjacent to an activating group) is 1. The van der Waals surface area contributed by atoms with Gasteiger partial charge in [-0.1, -0.05) is 83.1 Å². The van der Waals surface area contributed by atoms with E-state index in [2.05, 4.69) is 39.4 Å². The van der Waals surface area contributed by atoms with Gasteiger partial charge in [0.15, 0.2) is 0 Å². The number of nitrogens with zero attached hydrogens (tertiary/aromatic N) is 2. The topological polar surface area (TPSA) is 200 Å². The van der Waals surface area contributed by atoms with E-state index >= 15 is 0 Å². The zero-order chi connectivity index (χ0) is 40.0. The predicted octanol–water partition coefficient (Wildman–Crippen LogP) is 4.77. The minimum Gasteiger partial charge on any atom is -0.480 e. The first-order valence-electron chi connectivity index (χ1n) is 21.1. The van der Waals surface area contributed by atoms with E-state index in [0.29, 0.717) is 63.7 Å². The molecule has 1 aliphatic carbocycles. The molecule has 2 fully saturated rings. The normalized spacial score (nSPS) is 20.0. The molecule has 3 atom stereocenters. The van der Waals surface area contributed by atoms with Crippen LogP contribution < -0.4 is 11.1 Å². The van der Waals surface area contributed by atoms with Gasteiger partial charge < -0.3 is 46.3 Å². The van der Waals surface area contributed by atoms with Crippen LogP contribution in [-0.2, 0) is 22.6 Å². The smallest absolute Gasteiger partial charge is 0.451 e. The molecule has 3 unspecified atom stereocenters. The Kier molecular flexibility index (Phi) is 23.2. The Morgan fingerprint density at radius 1 is 0.796 bits per heavy atom. The number of aliphatic carboxylic acids is 2. The zero-order valence-electron chi connectivity index (χ0n) is 33.8. The summed E-state index contributed by atoms with van der Waals surface area (Å²) >= 11 is 0. The van der Waals surface area contributed by atoms with E-state index in [1.165, 1.54) is 56.1 Å². The third-order valence-corrected chi connectivity index (χ3v) is 11.8. The van der Waals surface area contributed by atoms with Crippen LogP contribution in [0.1, 0.15) is 134 Å². The summed E-state index contributed by atoms with van der Waals surface area (Å²) in [6, 6.07) is 8.94. The zero-order valence-corrected chi connectivity index (χ0v) is 33.8. The van der Waals surface area contributed by atoms with Crippen molar-refractivity contribution in [3.05, 3.63) is 35.4 Å². The summed E-state index contributed by atoms with van der Waals surface area (Å²) in [5, 5.41) is 58.0. The number of unbranched alkanes of at least 4 members (excludes halogenated alkanes) is 2. The molecule has 12 nitrogen and oxygen atoms in total. The summed E-state index contributed by atoms with van der Waals surface area (Å²) in [6.45, 7) is 9.27. The van der Waals surface area contributed by atoms with Crippen LogP contribution in [0.15, 0.2) is 24.3 Å². The van der Waals surface area contributed by atoms with Crippen LogP contribution in [0.2, 0.25) is 12.6 Å². The highest BCUT2D eigenvalue weighted by Gasteiger charge is 2.37. The van der Waals surface area contributed by atoms with E-state index in [4.69, 9.17) is 25.8 Å². The second-order valence-electron chi connectivity index (χ2n) is 15.8. The number of carbonyl (C=O) groups is 2.